The number of hydrogen-bond acceptors (Lipinski definition) is 2. The first-order valence-corrected chi connectivity index (χ1v) is 10.2. The zero-order chi connectivity index (χ0) is 11.2. The second kappa shape index (κ2) is 6.34. The summed E-state index contributed by atoms with van der Waals surface area (Å²) in [5.74, 6) is 0. The molecule has 0 saturated carbocycles. The Kier molecular flexibility index (Phi) is 4.77. The Labute approximate surface area is 106 Å². The van der Waals surface area contributed by atoms with Crippen LogP contribution in [0.2, 0.25) is 0 Å². The van der Waals surface area contributed by atoms with E-state index < -0.39 is 6.33 Å². The molecule has 0 amide bonds. The molecule has 0 saturated heterocycles. The average molecular weight is 265 g/mol. The van der Waals surface area contributed by atoms with Crippen LogP contribution in [-0.4, -0.2) is 6.66 Å². The van der Waals surface area contributed by atoms with Crippen molar-refractivity contribution < 1.29 is 0 Å². The van der Waals surface area contributed by atoms with E-state index in [-0.39, 0.29) is 0 Å². The van der Waals surface area contributed by atoms with Gasteiger partial charge >= 0.3 is 0 Å². The van der Waals surface area contributed by atoms with Crippen LogP contribution in [0.25, 0.3) is 0 Å². The van der Waals surface area contributed by atoms with E-state index in [1.165, 1.54) is 9.79 Å². The SMILES string of the molecule is C[PH+](Sc1ccccc1)Sc1ccccc1. The average Bonchev–Trinajstić information content (AvgIpc) is 2.31. The number of rotatable bonds is 4. The van der Waals surface area contributed by atoms with E-state index in [1.54, 1.807) is 0 Å². The van der Waals surface area contributed by atoms with Crippen molar-refractivity contribution >= 4 is 29.1 Å². The molecule has 0 heterocycles. The Morgan fingerprint density at radius 1 is 0.688 bits per heavy atom. The van der Waals surface area contributed by atoms with Gasteiger partial charge in [0.1, 0.15) is 6.33 Å². The molecule has 2 aromatic carbocycles. The molecule has 0 radical (unpaired) electrons. The van der Waals surface area contributed by atoms with Crippen LogP contribution in [0.4, 0.5) is 0 Å². The van der Waals surface area contributed by atoms with Crippen molar-refractivity contribution in [3.8, 4) is 0 Å². The van der Waals surface area contributed by atoms with Gasteiger partial charge in [0, 0.05) is 9.79 Å². The third-order valence-electron chi connectivity index (χ3n) is 2.01. The molecule has 3 heteroatoms. The van der Waals surface area contributed by atoms with E-state index in [0.29, 0.717) is 0 Å². The first kappa shape index (κ1) is 12.0. The van der Waals surface area contributed by atoms with Crippen molar-refractivity contribution in [3.63, 3.8) is 0 Å². The summed E-state index contributed by atoms with van der Waals surface area (Å²) in [7, 11) is 0. The van der Waals surface area contributed by atoms with Gasteiger partial charge in [-0.25, -0.2) is 0 Å². The van der Waals surface area contributed by atoms with Crippen molar-refractivity contribution in [2.45, 2.75) is 9.79 Å². The summed E-state index contributed by atoms with van der Waals surface area (Å²) in [5.41, 5.74) is 0. The molecule has 0 aromatic heterocycles. The van der Waals surface area contributed by atoms with Crippen LogP contribution in [-0.2, 0) is 0 Å². The molecule has 0 bridgehead atoms. The summed E-state index contributed by atoms with van der Waals surface area (Å²) in [6.07, 6.45) is -0.461. The van der Waals surface area contributed by atoms with Crippen molar-refractivity contribution in [1.29, 1.82) is 0 Å². The fourth-order valence-electron chi connectivity index (χ4n) is 1.33. The lowest BCUT2D eigenvalue weighted by Gasteiger charge is -2.01. The quantitative estimate of drug-likeness (QED) is 0.693. The maximum absolute atomic E-state index is 2.35. The molecule has 0 fully saturated rings. The van der Waals surface area contributed by atoms with Gasteiger partial charge in [-0.1, -0.05) is 36.4 Å². The Bertz CT molecular complexity index is 375. The summed E-state index contributed by atoms with van der Waals surface area (Å²) < 4.78 is 0. The second-order valence-electron chi connectivity index (χ2n) is 3.32. The van der Waals surface area contributed by atoms with Crippen LogP contribution < -0.4 is 0 Å². The largest absolute Gasteiger partial charge is 0.127 e. The molecule has 2 rings (SSSR count). The Morgan fingerprint density at radius 3 is 1.44 bits per heavy atom. The number of hydrogen-bond donors (Lipinski definition) is 0. The lowest BCUT2D eigenvalue weighted by molar-refractivity contribution is 1.48. The van der Waals surface area contributed by atoms with Crippen LogP contribution in [0.3, 0.4) is 0 Å². The van der Waals surface area contributed by atoms with Crippen molar-refractivity contribution in [3.05, 3.63) is 60.7 Å². The molecule has 0 aliphatic heterocycles. The van der Waals surface area contributed by atoms with E-state index in [0.717, 1.165) is 0 Å². The van der Waals surface area contributed by atoms with E-state index in [9.17, 15) is 0 Å². The van der Waals surface area contributed by atoms with Crippen molar-refractivity contribution in [1.82, 2.24) is 0 Å². The summed E-state index contributed by atoms with van der Waals surface area (Å²) in [4.78, 5) is 2.75. The first-order chi connectivity index (χ1) is 7.84. The highest BCUT2D eigenvalue weighted by Gasteiger charge is 2.14. The molecular formula is C13H14PS2+. The molecular weight excluding hydrogens is 251 g/mol. The van der Waals surface area contributed by atoms with E-state index >= 15 is 0 Å². The molecule has 0 atom stereocenters. The second-order valence-corrected chi connectivity index (χ2v) is 11.3. The molecule has 0 N–H and O–H groups in total. The fraction of sp³-hybridized carbons (Fsp3) is 0.0769. The molecule has 0 spiro atoms. The third kappa shape index (κ3) is 3.86. The summed E-state index contributed by atoms with van der Waals surface area (Å²) in [5, 5.41) is 0. The Morgan fingerprint density at radius 2 is 1.06 bits per heavy atom. The minimum absolute atomic E-state index is 0.461. The summed E-state index contributed by atoms with van der Waals surface area (Å²) >= 11 is 4.01. The molecule has 0 aliphatic rings. The molecule has 0 aliphatic carbocycles. The zero-order valence-electron chi connectivity index (χ0n) is 9.09. The minimum atomic E-state index is -0.461. The molecule has 0 nitrogen and oxygen atoms in total. The smallest absolute Gasteiger partial charge is 0.0622 e. The maximum atomic E-state index is 2.35. The van der Waals surface area contributed by atoms with Gasteiger partial charge in [-0.05, 0) is 24.3 Å². The standard InChI is InChI=1S/C13H13PS2/c1-14(15-12-8-4-2-5-9-12)16-13-10-6-3-7-11-13/h2-11H,1H3/p+1. The maximum Gasteiger partial charge on any atom is 0.127 e. The molecule has 82 valence electrons. The van der Waals surface area contributed by atoms with Crippen LogP contribution in [0.1, 0.15) is 0 Å². The van der Waals surface area contributed by atoms with Gasteiger partial charge in [0.15, 0.2) is 0 Å². The molecule has 2 aromatic rings. The van der Waals surface area contributed by atoms with Gasteiger partial charge in [0.2, 0.25) is 0 Å². The monoisotopic (exact) mass is 265 g/mol. The zero-order valence-corrected chi connectivity index (χ0v) is 11.7. The van der Waals surface area contributed by atoms with Gasteiger partial charge in [-0.2, -0.15) is 0 Å². The van der Waals surface area contributed by atoms with Crippen LogP contribution in [0.15, 0.2) is 70.5 Å². The van der Waals surface area contributed by atoms with E-state index in [2.05, 4.69) is 67.3 Å². The van der Waals surface area contributed by atoms with Crippen LogP contribution >= 0.6 is 29.1 Å². The summed E-state index contributed by atoms with van der Waals surface area (Å²) in [6, 6.07) is 21.3. The fourth-order valence-corrected chi connectivity index (χ4v) is 7.66. The predicted octanol–water partition coefficient (Wildman–Crippen LogP) is 5.25. The number of benzene rings is 2. The lowest BCUT2D eigenvalue weighted by atomic mass is 10.4. The van der Waals surface area contributed by atoms with Crippen LogP contribution in [0.5, 0.6) is 0 Å². The molecule has 16 heavy (non-hydrogen) atoms. The van der Waals surface area contributed by atoms with Crippen molar-refractivity contribution in [2.24, 2.45) is 0 Å². The van der Waals surface area contributed by atoms with Gasteiger partial charge in [0.25, 0.3) is 0 Å². The van der Waals surface area contributed by atoms with Gasteiger partial charge in [-0.3, -0.25) is 0 Å². The Hall–Kier alpha value is -0.430. The highest BCUT2D eigenvalue weighted by atomic mass is 33.1. The third-order valence-corrected chi connectivity index (χ3v) is 8.24. The first-order valence-electron chi connectivity index (χ1n) is 5.14. The van der Waals surface area contributed by atoms with E-state index in [4.69, 9.17) is 0 Å². The lowest BCUT2D eigenvalue weighted by Crippen LogP contribution is -1.68. The molecule has 0 unspecified atom stereocenters. The Balaban J connectivity index is 1.92. The summed E-state index contributed by atoms with van der Waals surface area (Å²) in [6.45, 7) is 2.35. The predicted molar refractivity (Wildman–Crippen MR) is 78.8 cm³/mol. The van der Waals surface area contributed by atoms with Gasteiger partial charge in [-0.15, -0.1) is 0 Å². The highest BCUT2D eigenvalue weighted by Crippen LogP contribution is 2.63. The van der Waals surface area contributed by atoms with Crippen LogP contribution in [0, 0.1) is 0 Å². The minimum Gasteiger partial charge on any atom is -0.0622 e. The topological polar surface area (TPSA) is 0 Å². The van der Waals surface area contributed by atoms with Gasteiger partial charge < -0.3 is 0 Å². The van der Waals surface area contributed by atoms with Gasteiger partial charge in [0.05, 0.1) is 29.4 Å². The van der Waals surface area contributed by atoms with E-state index in [1.807, 2.05) is 22.8 Å². The van der Waals surface area contributed by atoms with Crippen molar-refractivity contribution in [2.75, 3.05) is 6.66 Å². The normalized spacial score (nSPS) is 10.6. The highest BCUT2D eigenvalue weighted by molar-refractivity contribution is 8.88.